The van der Waals surface area contributed by atoms with Crippen LogP contribution in [0.3, 0.4) is 0 Å². The Balaban J connectivity index is 1.77. The zero-order chi connectivity index (χ0) is 20.6. The van der Waals surface area contributed by atoms with E-state index in [1.165, 1.54) is 18.4 Å². The van der Waals surface area contributed by atoms with Crippen LogP contribution in [-0.4, -0.2) is 72.5 Å². The highest BCUT2D eigenvalue weighted by Crippen LogP contribution is 2.22. The first-order valence-corrected chi connectivity index (χ1v) is 10.8. The summed E-state index contributed by atoms with van der Waals surface area (Å²) in [6.07, 6.45) is 0.945. The molecule has 0 spiro atoms. The number of imidazole rings is 1. The van der Waals surface area contributed by atoms with Crippen LogP contribution in [0.4, 0.5) is 0 Å². The first kappa shape index (κ1) is 20.8. The van der Waals surface area contributed by atoms with Crippen LogP contribution in [-0.2, 0) is 33.0 Å². The highest BCUT2D eigenvalue weighted by atomic mass is 32.2. The van der Waals surface area contributed by atoms with Crippen molar-refractivity contribution in [3.05, 3.63) is 24.0 Å². The smallest absolute Gasteiger partial charge is 0.242 e. The number of nitrogens with zero attached hydrogens (tertiary/aromatic N) is 4. The monoisotopic (exact) mass is 408 g/mol. The maximum atomic E-state index is 12.6. The Kier molecular flexibility index (Phi) is 5.79. The Morgan fingerprint density at radius 1 is 1.25 bits per heavy atom. The molecule has 0 aliphatic carbocycles. The van der Waals surface area contributed by atoms with Gasteiger partial charge in [-0.1, -0.05) is 0 Å². The number of carbonyl (C=O) groups is 1. The summed E-state index contributed by atoms with van der Waals surface area (Å²) >= 11 is 0. The van der Waals surface area contributed by atoms with Gasteiger partial charge >= 0.3 is 0 Å². The average Bonchev–Trinajstić information content (AvgIpc) is 2.94. The zero-order valence-electron chi connectivity index (χ0n) is 17.0. The van der Waals surface area contributed by atoms with Gasteiger partial charge in [0.15, 0.2) is 0 Å². The summed E-state index contributed by atoms with van der Waals surface area (Å²) in [6, 6.07) is 4.93. The van der Waals surface area contributed by atoms with Gasteiger partial charge in [-0.3, -0.25) is 4.79 Å². The number of morpholine rings is 1. The molecule has 1 fully saturated rings. The van der Waals surface area contributed by atoms with E-state index < -0.39 is 10.0 Å². The molecule has 2 atom stereocenters. The number of amides is 1. The van der Waals surface area contributed by atoms with Crippen molar-refractivity contribution in [3.63, 3.8) is 0 Å². The van der Waals surface area contributed by atoms with E-state index in [2.05, 4.69) is 4.98 Å². The lowest BCUT2D eigenvalue weighted by atomic mass is 10.2. The van der Waals surface area contributed by atoms with Crippen molar-refractivity contribution in [2.24, 2.45) is 7.05 Å². The number of carbonyl (C=O) groups excluding carboxylic acids is 1. The van der Waals surface area contributed by atoms with Crippen molar-refractivity contribution in [2.75, 3.05) is 27.2 Å². The van der Waals surface area contributed by atoms with Crippen LogP contribution in [0.5, 0.6) is 0 Å². The lowest BCUT2D eigenvalue weighted by Gasteiger charge is -2.35. The molecule has 0 saturated carbocycles. The fourth-order valence-electron chi connectivity index (χ4n) is 3.58. The average molecular weight is 409 g/mol. The minimum absolute atomic E-state index is 0.0421. The summed E-state index contributed by atoms with van der Waals surface area (Å²) in [5.74, 6) is 0.849. The Bertz CT molecular complexity index is 973. The zero-order valence-corrected chi connectivity index (χ0v) is 17.9. The lowest BCUT2D eigenvalue weighted by Crippen LogP contribution is -2.48. The van der Waals surface area contributed by atoms with E-state index >= 15 is 0 Å². The van der Waals surface area contributed by atoms with Crippen LogP contribution in [0.1, 0.15) is 26.1 Å². The topological polar surface area (TPSA) is 84.7 Å². The summed E-state index contributed by atoms with van der Waals surface area (Å²) in [5, 5.41) is 0. The van der Waals surface area contributed by atoms with E-state index in [4.69, 9.17) is 4.74 Å². The van der Waals surface area contributed by atoms with Crippen molar-refractivity contribution in [1.82, 2.24) is 18.8 Å². The predicted molar refractivity (Wildman–Crippen MR) is 106 cm³/mol. The molecule has 1 saturated heterocycles. The highest BCUT2D eigenvalue weighted by Gasteiger charge is 2.26. The van der Waals surface area contributed by atoms with E-state index in [-0.39, 0.29) is 23.0 Å². The number of aromatic nitrogens is 2. The lowest BCUT2D eigenvalue weighted by molar-refractivity contribution is -0.143. The molecule has 8 nitrogen and oxygen atoms in total. The molecule has 1 aromatic carbocycles. The quantitative estimate of drug-likeness (QED) is 0.746. The fourth-order valence-corrected chi connectivity index (χ4v) is 4.50. The van der Waals surface area contributed by atoms with Gasteiger partial charge in [0.05, 0.1) is 28.1 Å². The molecule has 2 heterocycles. The molecule has 28 heavy (non-hydrogen) atoms. The highest BCUT2D eigenvalue weighted by molar-refractivity contribution is 7.89. The molecular weight excluding hydrogens is 380 g/mol. The van der Waals surface area contributed by atoms with Crippen molar-refractivity contribution in [3.8, 4) is 0 Å². The summed E-state index contributed by atoms with van der Waals surface area (Å²) in [6.45, 7) is 5.16. The first-order chi connectivity index (χ1) is 13.1. The second-order valence-corrected chi connectivity index (χ2v) is 9.73. The molecule has 1 amide bonds. The first-order valence-electron chi connectivity index (χ1n) is 9.40. The molecule has 0 bridgehead atoms. The van der Waals surface area contributed by atoms with Gasteiger partial charge in [-0.15, -0.1) is 0 Å². The Hall–Kier alpha value is -1.97. The van der Waals surface area contributed by atoms with Gasteiger partial charge in [0.2, 0.25) is 15.9 Å². The molecule has 2 aromatic rings. The van der Waals surface area contributed by atoms with E-state index in [0.717, 1.165) is 11.3 Å². The Labute approximate surface area is 166 Å². The van der Waals surface area contributed by atoms with Crippen LogP contribution in [0, 0.1) is 0 Å². The van der Waals surface area contributed by atoms with Gasteiger partial charge in [0.1, 0.15) is 5.82 Å². The SMILES string of the molecule is CC1CN(C(=O)CCc2nc3cc(S(=O)(=O)N(C)C)ccc3n2C)CC(C)O1. The van der Waals surface area contributed by atoms with Crippen LogP contribution >= 0.6 is 0 Å². The molecule has 1 aromatic heterocycles. The van der Waals surface area contributed by atoms with E-state index in [1.807, 2.05) is 30.4 Å². The maximum absolute atomic E-state index is 12.6. The number of fused-ring (bicyclic) bond motifs is 1. The van der Waals surface area contributed by atoms with Crippen molar-refractivity contribution in [1.29, 1.82) is 0 Å². The molecule has 0 radical (unpaired) electrons. The normalized spacial score (nSPS) is 20.9. The van der Waals surface area contributed by atoms with Crippen LogP contribution in [0.15, 0.2) is 23.1 Å². The number of hydrogen-bond acceptors (Lipinski definition) is 5. The minimum Gasteiger partial charge on any atom is -0.372 e. The van der Waals surface area contributed by atoms with Gasteiger partial charge in [-0.25, -0.2) is 17.7 Å². The van der Waals surface area contributed by atoms with Gasteiger partial charge in [-0.05, 0) is 32.0 Å². The number of rotatable bonds is 5. The van der Waals surface area contributed by atoms with Gasteiger partial charge in [0.25, 0.3) is 0 Å². The van der Waals surface area contributed by atoms with Gasteiger partial charge in [-0.2, -0.15) is 0 Å². The second-order valence-electron chi connectivity index (χ2n) is 7.58. The van der Waals surface area contributed by atoms with E-state index in [1.54, 1.807) is 18.2 Å². The Morgan fingerprint density at radius 2 is 1.89 bits per heavy atom. The fraction of sp³-hybridized carbons (Fsp3) is 0.579. The van der Waals surface area contributed by atoms with Crippen LogP contribution in [0.25, 0.3) is 11.0 Å². The molecule has 1 aliphatic heterocycles. The summed E-state index contributed by atoms with van der Waals surface area (Å²) in [5.41, 5.74) is 1.45. The number of sulfonamides is 1. The molecule has 1 aliphatic rings. The standard InChI is InChI=1S/C19H28N4O4S/c1-13-11-23(12-14(2)27-13)19(24)9-8-18-20-16-10-15(28(25,26)21(3)4)6-7-17(16)22(18)5/h6-7,10,13-14H,8-9,11-12H2,1-5H3. The summed E-state index contributed by atoms with van der Waals surface area (Å²) in [4.78, 5) is 19.2. The van der Waals surface area contributed by atoms with Crippen molar-refractivity contribution in [2.45, 2.75) is 43.8 Å². The van der Waals surface area contributed by atoms with E-state index in [0.29, 0.717) is 31.4 Å². The van der Waals surface area contributed by atoms with Gasteiger partial charge < -0.3 is 14.2 Å². The Morgan fingerprint density at radius 3 is 2.50 bits per heavy atom. The largest absolute Gasteiger partial charge is 0.372 e. The number of benzene rings is 1. The number of hydrogen-bond donors (Lipinski definition) is 0. The van der Waals surface area contributed by atoms with Gasteiger partial charge in [0, 0.05) is 47.1 Å². The molecule has 3 rings (SSSR count). The number of ether oxygens (including phenoxy) is 1. The van der Waals surface area contributed by atoms with E-state index in [9.17, 15) is 13.2 Å². The second kappa shape index (κ2) is 7.81. The molecule has 154 valence electrons. The molecule has 2 unspecified atom stereocenters. The number of aryl methyl sites for hydroxylation is 2. The third-order valence-corrected chi connectivity index (χ3v) is 6.87. The molecular formula is C19H28N4O4S. The molecule has 9 heteroatoms. The maximum Gasteiger partial charge on any atom is 0.242 e. The summed E-state index contributed by atoms with van der Waals surface area (Å²) in [7, 11) is 1.38. The predicted octanol–water partition coefficient (Wildman–Crippen LogP) is 1.39. The van der Waals surface area contributed by atoms with Crippen molar-refractivity contribution < 1.29 is 17.9 Å². The summed E-state index contributed by atoms with van der Waals surface area (Å²) < 4.78 is 33.5. The third-order valence-electron chi connectivity index (χ3n) is 5.06. The third kappa shape index (κ3) is 4.06. The van der Waals surface area contributed by atoms with Crippen molar-refractivity contribution >= 4 is 27.0 Å². The van der Waals surface area contributed by atoms with Crippen LogP contribution < -0.4 is 0 Å². The molecule has 0 N–H and O–H groups in total. The minimum atomic E-state index is -3.51. The van der Waals surface area contributed by atoms with Crippen LogP contribution in [0.2, 0.25) is 0 Å².